The first-order valence-electron chi connectivity index (χ1n) is 5.69. The van der Waals surface area contributed by atoms with Crippen LogP contribution in [0.5, 0.6) is 0 Å². The number of rotatable bonds is 7. The van der Waals surface area contributed by atoms with Gasteiger partial charge in [-0.25, -0.2) is 0 Å². The molecule has 1 amide bonds. The average Bonchev–Trinajstić information content (AvgIpc) is 2.33. The van der Waals surface area contributed by atoms with Gasteiger partial charge in [0.2, 0.25) is 5.91 Å². The average molecular weight is 221 g/mol. The van der Waals surface area contributed by atoms with E-state index >= 15 is 0 Å². The maximum Gasteiger partial charge on any atom is 0.220 e. The van der Waals surface area contributed by atoms with Crippen LogP contribution in [-0.4, -0.2) is 17.4 Å². The summed E-state index contributed by atoms with van der Waals surface area (Å²) >= 11 is 0. The van der Waals surface area contributed by atoms with Crippen LogP contribution in [0.15, 0.2) is 24.4 Å². The molecule has 1 rings (SSSR count). The van der Waals surface area contributed by atoms with Crippen LogP contribution in [-0.2, 0) is 11.3 Å². The van der Waals surface area contributed by atoms with Crippen molar-refractivity contribution in [3.8, 4) is 0 Å². The third-order valence-corrected chi connectivity index (χ3v) is 2.30. The number of unbranched alkanes of at least 4 members (excludes halogenated alkanes) is 2. The summed E-state index contributed by atoms with van der Waals surface area (Å²) in [4.78, 5) is 15.5. The van der Waals surface area contributed by atoms with E-state index in [0.29, 0.717) is 19.5 Å². The van der Waals surface area contributed by atoms with Gasteiger partial charge in [0.1, 0.15) is 0 Å². The van der Waals surface area contributed by atoms with Gasteiger partial charge in [0.25, 0.3) is 0 Å². The van der Waals surface area contributed by atoms with E-state index in [1.807, 2.05) is 18.2 Å². The molecule has 4 heteroatoms. The third kappa shape index (κ3) is 5.46. The number of amides is 1. The monoisotopic (exact) mass is 221 g/mol. The Kier molecular flexibility index (Phi) is 6.18. The molecule has 0 aliphatic carbocycles. The highest BCUT2D eigenvalue weighted by molar-refractivity contribution is 5.75. The van der Waals surface area contributed by atoms with Gasteiger partial charge in [0.05, 0.1) is 12.2 Å². The van der Waals surface area contributed by atoms with E-state index in [9.17, 15) is 4.79 Å². The number of carbonyl (C=O) groups is 1. The predicted octanol–water partition coefficient (Wildman–Crippen LogP) is 1.22. The van der Waals surface area contributed by atoms with E-state index in [1.54, 1.807) is 6.20 Å². The van der Waals surface area contributed by atoms with Crippen molar-refractivity contribution in [1.82, 2.24) is 10.3 Å². The van der Waals surface area contributed by atoms with Gasteiger partial charge in [-0.05, 0) is 31.5 Å². The Balaban J connectivity index is 2.11. The molecule has 16 heavy (non-hydrogen) atoms. The van der Waals surface area contributed by atoms with E-state index in [0.717, 1.165) is 25.0 Å². The highest BCUT2D eigenvalue weighted by atomic mass is 16.1. The van der Waals surface area contributed by atoms with Gasteiger partial charge in [-0.2, -0.15) is 0 Å². The van der Waals surface area contributed by atoms with E-state index in [2.05, 4.69) is 10.3 Å². The number of nitrogens with two attached hydrogens (primary N) is 1. The molecule has 0 spiro atoms. The van der Waals surface area contributed by atoms with Crippen molar-refractivity contribution in [3.05, 3.63) is 30.1 Å². The zero-order valence-electron chi connectivity index (χ0n) is 9.48. The fraction of sp³-hybridized carbons (Fsp3) is 0.500. The molecule has 0 radical (unpaired) electrons. The molecule has 1 heterocycles. The summed E-state index contributed by atoms with van der Waals surface area (Å²) in [5.41, 5.74) is 6.26. The summed E-state index contributed by atoms with van der Waals surface area (Å²) in [6.07, 6.45) is 5.22. The lowest BCUT2D eigenvalue weighted by Gasteiger charge is -2.04. The number of carbonyl (C=O) groups excluding carboxylic acids is 1. The van der Waals surface area contributed by atoms with Gasteiger partial charge >= 0.3 is 0 Å². The summed E-state index contributed by atoms with van der Waals surface area (Å²) in [6.45, 7) is 1.21. The molecule has 0 bridgehead atoms. The van der Waals surface area contributed by atoms with Crippen molar-refractivity contribution < 1.29 is 4.79 Å². The standard InChI is InChI=1S/C12H19N3O/c13-8-4-1-2-7-12(16)15-10-11-6-3-5-9-14-11/h3,5-6,9H,1-2,4,7-8,10,13H2,(H,15,16). The van der Waals surface area contributed by atoms with Gasteiger partial charge in [0.15, 0.2) is 0 Å². The molecule has 0 unspecified atom stereocenters. The highest BCUT2D eigenvalue weighted by Crippen LogP contribution is 1.99. The van der Waals surface area contributed by atoms with Crippen molar-refractivity contribution in [2.24, 2.45) is 5.73 Å². The molecule has 0 aromatic carbocycles. The lowest BCUT2D eigenvalue weighted by atomic mass is 10.2. The zero-order valence-corrected chi connectivity index (χ0v) is 9.48. The molecular formula is C12H19N3O. The zero-order chi connectivity index (χ0) is 11.6. The molecule has 0 saturated heterocycles. The predicted molar refractivity (Wildman–Crippen MR) is 63.6 cm³/mol. The minimum Gasteiger partial charge on any atom is -0.350 e. The Morgan fingerprint density at radius 1 is 1.31 bits per heavy atom. The maximum atomic E-state index is 11.4. The van der Waals surface area contributed by atoms with Crippen LogP contribution in [0.4, 0.5) is 0 Å². The first-order valence-corrected chi connectivity index (χ1v) is 5.69. The molecule has 88 valence electrons. The van der Waals surface area contributed by atoms with Gasteiger partial charge in [-0.1, -0.05) is 12.5 Å². The fourth-order valence-electron chi connectivity index (χ4n) is 1.39. The number of nitrogens with zero attached hydrogens (tertiary/aromatic N) is 1. The minimum atomic E-state index is 0.0858. The van der Waals surface area contributed by atoms with Crippen LogP contribution in [0.2, 0.25) is 0 Å². The Bertz CT molecular complexity index is 300. The first kappa shape index (κ1) is 12.6. The lowest BCUT2D eigenvalue weighted by molar-refractivity contribution is -0.121. The van der Waals surface area contributed by atoms with Gasteiger partial charge in [-0.15, -0.1) is 0 Å². The van der Waals surface area contributed by atoms with Gasteiger partial charge in [-0.3, -0.25) is 9.78 Å². The molecule has 0 aliphatic rings. The van der Waals surface area contributed by atoms with Gasteiger partial charge < -0.3 is 11.1 Å². The van der Waals surface area contributed by atoms with Crippen molar-refractivity contribution in [2.75, 3.05) is 6.54 Å². The molecule has 1 aromatic rings. The quantitative estimate of drug-likeness (QED) is 0.680. The van der Waals surface area contributed by atoms with E-state index in [4.69, 9.17) is 5.73 Å². The number of nitrogens with one attached hydrogen (secondary N) is 1. The van der Waals surface area contributed by atoms with E-state index in [1.165, 1.54) is 0 Å². The summed E-state index contributed by atoms with van der Waals surface area (Å²) in [5.74, 6) is 0.0858. The Morgan fingerprint density at radius 3 is 2.88 bits per heavy atom. The second-order valence-corrected chi connectivity index (χ2v) is 3.70. The first-order chi connectivity index (χ1) is 7.83. The molecule has 0 saturated carbocycles. The lowest BCUT2D eigenvalue weighted by Crippen LogP contribution is -2.22. The van der Waals surface area contributed by atoms with E-state index < -0.39 is 0 Å². The summed E-state index contributed by atoms with van der Waals surface area (Å²) in [7, 11) is 0. The number of hydrogen-bond acceptors (Lipinski definition) is 3. The molecule has 3 N–H and O–H groups in total. The van der Waals surface area contributed by atoms with Crippen LogP contribution >= 0.6 is 0 Å². The van der Waals surface area contributed by atoms with Crippen LogP contribution in [0.25, 0.3) is 0 Å². The molecule has 0 aliphatic heterocycles. The fourth-order valence-corrected chi connectivity index (χ4v) is 1.39. The normalized spacial score (nSPS) is 10.1. The van der Waals surface area contributed by atoms with Crippen LogP contribution in [0.3, 0.4) is 0 Å². The molecule has 4 nitrogen and oxygen atoms in total. The molecular weight excluding hydrogens is 202 g/mol. The molecule has 0 fully saturated rings. The minimum absolute atomic E-state index is 0.0858. The Labute approximate surface area is 96.3 Å². The van der Waals surface area contributed by atoms with Crippen LogP contribution in [0, 0.1) is 0 Å². The summed E-state index contributed by atoms with van der Waals surface area (Å²) in [6, 6.07) is 5.67. The van der Waals surface area contributed by atoms with Crippen molar-refractivity contribution in [1.29, 1.82) is 0 Å². The number of hydrogen-bond donors (Lipinski definition) is 2. The Morgan fingerprint density at radius 2 is 2.19 bits per heavy atom. The second-order valence-electron chi connectivity index (χ2n) is 3.70. The van der Waals surface area contributed by atoms with Crippen LogP contribution in [0.1, 0.15) is 31.4 Å². The van der Waals surface area contributed by atoms with E-state index in [-0.39, 0.29) is 5.91 Å². The van der Waals surface area contributed by atoms with Crippen molar-refractivity contribution in [3.63, 3.8) is 0 Å². The molecule has 1 aromatic heterocycles. The largest absolute Gasteiger partial charge is 0.350 e. The van der Waals surface area contributed by atoms with Crippen molar-refractivity contribution in [2.45, 2.75) is 32.2 Å². The number of pyridine rings is 1. The summed E-state index contributed by atoms with van der Waals surface area (Å²) in [5, 5.41) is 2.84. The topological polar surface area (TPSA) is 68.0 Å². The molecule has 0 atom stereocenters. The third-order valence-electron chi connectivity index (χ3n) is 2.30. The Hall–Kier alpha value is -1.42. The second kappa shape index (κ2) is 7.82. The summed E-state index contributed by atoms with van der Waals surface area (Å²) < 4.78 is 0. The smallest absolute Gasteiger partial charge is 0.220 e. The highest BCUT2D eigenvalue weighted by Gasteiger charge is 2.00. The number of aromatic nitrogens is 1. The van der Waals surface area contributed by atoms with Crippen molar-refractivity contribution >= 4 is 5.91 Å². The van der Waals surface area contributed by atoms with Crippen LogP contribution < -0.4 is 11.1 Å². The van der Waals surface area contributed by atoms with Gasteiger partial charge in [0, 0.05) is 12.6 Å². The maximum absolute atomic E-state index is 11.4. The SMILES string of the molecule is NCCCCCC(=O)NCc1ccccn1.